The Morgan fingerprint density at radius 2 is 1.92 bits per heavy atom. The molecule has 1 aromatic heterocycles. The van der Waals surface area contributed by atoms with Gasteiger partial charge in [0.05, 0.1) is 22.3 Å². The summed E-state index contributed by atoms with van der Waals surface area (Å²) < 4.78 is 6.04. The Morgan fingerprint density at radius 3 is 2.65 bits per heavy atom. The van der Waals surface area contributed by atoms with Gasteiger partial charge in [0.25, 0.3) is 0 Å². The number of ether oxygens (including phenoxy) is 1. The number of rotatable bonds is 2. The Hall–Kier alpha value is -2.15. The lowest BCUT2D eigenvalue weighted by molar-refractivity contribution is -0.136. The van der Waals surface area contributed by atoms with Crippen LogP contribution < -0.4 is 0 Å². The topological polar surface area (TPSA) is 62.7 Å². The van der Waals surface area contributed by atoms with Crippen LogP contribution in [0.3, 0.4) is 0 Å². The minimum absolute atomic E-state index is 0.0654. The Balaban J connectivity index is 1.40. The fraction of sp³-hybridized carbons (Fsp3) is 0.526. The minimum atomic E-state index is -0.398. The van der Waals surface area contributed by atoms with E-state index in [-0.39, 0.29) is 11.9 Å². The fourth-order valence-electron chi connectivity index (χ4n) is 3.98. The van der Waals surface area contributed by atoms with Crippen molar-refractivity contribution in [3.8, 4) is 0 Å². The lowest BCUT2D eigenvalue weighted by Gasteiger charge is -2.34. The molecule has 2 aliphatic heterocycles. The molecule has 7 heteroatoms. The van der Waals surface area contributed by atoms with E-state index in [9.17, 15) is 9.59 Å². The zero-order valence-corrected chi connectivity index (χ0v) is 15.7. The van der Waals surface area contributed by atoms with E-state index in [0.717, 1.165) is 44.3 Å². The van der Waals surface area contributed by atoms with Crippen molar-refractivity contribution in [3.63, 3.8) is 0 Å². The zero-order chi connectivity index (χ0) is 18.1. The molecule has 2 saturated heterocycles. The summed E-state index contributed by atoms with van der Waals surface area (Å²) in [6, 6.07) is 7.86. The van der Waals surface area contributed by atoms with E-state index in [1.54, 1.807) is 16.2 Å². The van der Waals surface area contributed by atoms with Crippen LogP contribution in [-0.2, 0) is 9.53 Å². The van der Waals surface area contributed by atoms with Gasteiger partial charge < -0.3 is 9.64 Å². The summed E-state index contributed by atoms with van der Waals surface area (Å²) in [4.78, 5) is 33.0. The number of nitrogens with zero attached hydrogens (tertiary/aromatic N) is 3. The maximum absolute atomic E-state index is 12.9. The quantitative estimate of drug-likeness (QED) is 0.811. The lowest BCUT2D eigenvalue weighted by atomic mass is 9.97. The van der Waals surface area contributed by atoms with Crippen molar-refractivity contribution in [2.24, 2.45) is 0 Å². The predicted octanol–water partition coefficient (Wildman–Crippen LogP) is 3.23. The Kier molecular flexibility index (Phi) is 4.80. The number of carbonyl (C=O) groups is 2. The van der Waals surface area contributed by atoms with Crippen LogP contribution >= 0.6 is 11.3 Å². The van der Waals surface area contributed by atoms with Crippen molar-refractivity contribution in [2.45, 2.75) is 37.6 Å². The van der Waals surface area contributed by atoms with Gasteiger partial charge in [-0.25, -0.2) is 9.78 Å². The molecule has 138 valence electrons. The average Bonchev–Trinajstić information content (AvgIpc) is 3.34. The highest BCUT2D eigenvalue weighted by Crippen LogP contribution is 2.34. The second-order valence-electron chi connectivity index (χ2n) is 6.94. The largest absolute Gasteiger partial charge is 0.453 e. The van der Waals surface area contributed by atoms with E-state index in [4.69, 9.17) is 9.72 Å². The Bertz CT molecular complexity index is 780. The SMILES string of the molecule is COC(=O)N1CCCC1C(=O)N1CCC(c2nc3ccccc3s2)CC1. The van der Waals surface area contributed by atoms with Gasteiger partial charge in [0, 0.05) is 25.6 Å². The van der Waals surface area contributed by atoms with Gasteiger partial charge in [0.2, 0.25) is 5.91 Å². The number of hydrogen-bond donors (Lipinski definition) is 0. The number of thiazole rings is 1. The van der Waals surface area contributed by atoms with Gasteiger partial charge in [-0.15, -0.1) is 11.3 Å². The number of aromatic nitrogens is 1. The number of fused-ring (bicyclic) bond motifs is 1. The van der Waals surface area contributed by atoms with Gasteiger partial charge in [-0.3, -0.25) is 9.69 Å². The van der Waals surface area contributed by atoms with Gasteiger partial charge in [0.15, 0.2) is 0 Å². The van der Waals surface area contributed by atoms with E-state index < -0.39 is 6.09 Å². The highest BCUT2D eigenvalue weighted by Gasteiger charge is 2.38. The summed E-state index contributed by atoms with van der Waals surface area (Å²) >= 11 is 1.76. The smallest absolute Gasteiger partial charge is 0.410 e. The van der Waals surface area contributed by atoms with Crippen molar-refractivity contribution in [2.75, 3.05) is 26.7 Å². The molecule has 2 amide bonds. The molecule has 1 unspecified atom stereocenters. The summed E-state index contributed by atoms with van der Waals surface area (Å²) in [7, 11) is 1.37. The zero-order valence-electron chi connectivity index (χ0n) is 14.9. The van der Waals surface area contributed by atoms with Gasteiger partial charge in [0.1, 0.15) is 6.04 Å². The summed E-state index contributed by atoms with van der Waals surface area (Å²) in [6.45, 7) is 2.06. The standard InChI is InChI=1S/C19H23N3O3S/c1-25-19(24)22-10-4-6-15(22)18(23)21-11-8-13(9-12-21)17-20-14-5-2-3-7-16(14)26-17/h2-3,5,7,13,15H,4,6,8-12H2,1H3. The Labute approximate surface area is 156 Å². The molecule has 3 heterocycles. The number of methoxy groups -OCH3 is 1. The third-order valence-electron chi connectivity index (χ3n) is 5.41. The predicted molar refractivity (Wildman–Crippen MR) is 100 cm³/mol. The summed E-state index contributed by atoms with van der Waals surface area (Å²) in [5.41, 5.74) is 1.06. The van der Waals surface area contributed by atoms with Gasteiger partial charge in [-0.2, -0.15) is 0 Å². The normalized spacial score (nSPS) is 21.3. The fourth-order valence-corrected chi connectivity index (χ4v) is 5.12. The van der Waals surface area contributed by atoms with Crippen LogP contribution in [0.2, 0.25) is 0 Å². The number of carbonyl (C=O) groups excluding carboxylic acids is 2. The molecule has 1 atom stereocenters. The van der Waals surface area contributed by atoms with Crippen molar-refractivity contribution in [3.05, 3.63) is 29.3 Å². The van der Waals surface area contributed by atoms with Crippen molar-refractivity contribution < 1.29 is 14.3 Å². The van der Waals surface area contributed by atoms with E-state index in [1.165, 1.54) is 16.8 Å². The summed E-state index contributed by atoms with van der Waals surface area (Å²) in [6.07, 6.45) is 3.04. The average molecular weight is 373 g/mol. The molecule has 1 aromatic carbocycles. The number of amides is 2. The van der Waals surface area contributed by atoms with Crippen LogP contribution in [-0.4, -0.2) is 59.6 Å². The molecule has 2 aliphatic rings. The number of benzene rings is 1. The van der Waals surface area contributed by atoms with E-state index in [0.29, 0.717) is 12.5 Å². The lowest BCUT2D eigenvalue weighted by Crippen LogP contribution is -2.49. The van der Waals surface area contributed by atoms with Crippen molar-refractivity contribution in [1.29, 1.82) is 0 Å². The second kappa shape index (κ2) is 7.23. The van der Waals surface area contributed by atoms with Gasteiger partial charge in [-0.1, -0.05) is 12.1 Å². The highest BCUT2D eigenvalue weighted by molar-refractivity contribution is 7.18. The molecule has 0 bridgehead atoms. The number of hydrogen-bond acceptors (Lipinski definition) is 5. The number of para-hydroxylation sites is 1. The van der Waals surface area contributed by atoms with Crippen LogP contribution in [0.15, 0.2) is 24.3 Å². The molecule has 6 nitrogen and oxygen atoms in total. The first-order valence-corrected chi connectivity index (χ1v) is 9.98. The van der Waals surface area contributed by atoms with Crippen LogP contribution in [0.4, 0.5) is 4.79 Å². The maximum atomic E-state index is 12.9. The molecule has 0 radical (unpaired) electrons. The molecule has 4 rings (SSSR count). The van der Waals surface area contributed by atoms with Gasteiger partial charge in [-0.05, 0) is 37.8 Å². The third kappa shape index (κ3) is 3.16. The molecular formula is C19H23N3O3S. The van der Waals surface area contributed by atoms with E-state index in [1.807, 2.05) is 17.0 Å². The van der Waals surface area contributed by atoms with Crippen LogP contribution in [0.1, 0.15) is 36.6 Å². The minimum Gasteiger partial charge on any atom is -0.453 e. The van der Waals surface area contributed by atoms with E-state index >= 15 is 0 Å². The molecule has 0 N–H and O–H groups in total. The first-order chi connectivity index (χ1) is 12.7. The van der Waals surface area contributed by atoms with Gasteiger partial charge >= 0.3 is 6.09 Å². The van der Waals surface area contributed by atoms with Crippen LogP contribution in [0, 0.1) is 0 Å². The molecule has 2 aromatic rings. The molecule has 26 heavy (non-hydrogen) atoms. The molecule has 0 spiro atoms. The summed E-state index contributed by atoms with van der Waals surface area (Å²) in [5.74, 6) is 0.479. The molecule has 2 fully saturated rings. The highest BCUT2D eigenvalue weighted by atomic mass is 32.1. The van der Waals surface area contributed by atoms with Crippen molar-refractivity contribution in [1.82, 2.24) is 14.8 Å². The third-order valence-corrected chi connectivity index (χ3v) is 6.61. The number of likely N-dealkylation sites (tertiary alicyclic amines) is 2. The van der Waals surface area contributed by atoms with E-state index in [2.05, 4.69) is 12.1 Å². The first kappa shape index (κ1) is 17.3. The van der Waals surface area contributed by atoms with Crippen LogP contribution in [0.25, 0.3) is 10.2 Å². The summed E-state index contributed by atoms with van der Waals surface area (Å²) in [5, 5.41) is 1.18. The molecule has 0 aliphatic carbocycles. The monoisotopic (exact) mass is 373 g/mol. The molecule has 0 saturated carbocycles. The Morgan fingerprint density at radius 1 is 1.15 bits per heavy atom. The number of piperidine rings is 1. The van der Waals surface area contributed by atoms with Crippen molar-refractivity contribution >= 4 is 33.6 Å². The molecular weight excluding hydrogens is 350 g/mol. The van der Waals surface area contributed by atoms with Crippen LogP contribution in [0.5, 0.6) is 0 Å². The maximum Gasteiger partial charge on any atom is 0.410 e. The first-order valence-electron chi connectivity index (χ1n) is 9.16. The second-order valence-corrected chi connectivity index (χ2v) is 8.00.